The maximum absolute atomic E-state index is 12.7. The molecule has 4 aromatic rings. The van der Waals surface area contributed by atoms with Crippen LogP contribution in [0.4, 0.5) is 18.9 Å². The Morgan fingerprint density at radius 1 is 1.17 bits per heavy atom. The summed E-state index contributed by atoms with van der Waals surface area (Å²) in [7, 11) is 0. The predicted octanol–water partition coefficient (Wildman–Crippen LogP) is 5.22. The standard InChI is InChI=1S/C20H14ClF3N4O2/c1-11(16-8-12-4-2-3-5-15(12)30-16)27-14-10-26-28(19(29)18(14)21)17-7-6-13(9-25-17)20(22,23)24/h2-11,27H,1H3/t11-/m1/s1. The van der Waals surface area contributed by atoms with Crippen LogP contribution in [-0.2, 0) is 6.18 Å². The van der Waals surface area contributed by atoms with Crippen LogP contribution in [0.25, 0.3) is 16.8 Å². The van der Waals surface area contributed by atoms with Crippen molar-refractivity contribution in [2.45, 2.75) is 19.1 Å². The minimum absolute atomic E-state index is 0.0771. The molecule has 0 fully saturated rings. The Hall–Kier alpha value is -3.33. The van der Waals surface area contributed by atoms with Crippen molar-refractivity contribution in [3.63, 3.8) is 0 Å². The van der Waals surface area contributed by atoms with E-state index >= 15 is 0 Å². The van der Waals surface area contributed by atoms with Crippen LogP contribution in [-0.4, -0.2) is 14.8 Å². The van der Waals surface area contributed by atoms with Gasteiger partial charge in [-0.1, -0.05) is 29.8 Å². The monoisotopic (exact) mass is 434 g/mol. The highest BCUT2D eigenvalue weighted by Gasteiger charge is 2.30. The fraction of sp³-hybridized carbons (Fsp3) is 0.150. The molecule has 3 heterocycles. The van der Waals surface area contributed by atoms with Crippen molar-refractivity contribution in [1.82, 2.24) is 14.8 Å². The molecule has 0 spiro atoms. The largest absolute Gasteiger partial charge is 0.459 e. The van der Waals surface area contributed by atoms with Crippen LogP contribution in [0.1, 0.15) is 24.3 Å². The molecule has 0 saturated carbocycles. The first-order valence-electron chi connectivity index (χ1n) is 8.80. The molecule has 0 radical (unpaired) electrons. The molecular formula is C20H14ClF3N4O2. The van der Waals surface area contributed by atoms with Crippen molar-refractivity contribution in [2.75, 3.05) is 5.32 Å². The van der Waals surface area contributed by atoms with Crippen molar-refractivity contribution in [3.05, 3.63) is 81.6 Å². The third-order valence-electron chi connectivity index (χ3n) is 4.45. The van der Waals surface area contributed by atoms with Crippen LogP contribution in [0.5, 0.6) is 0 Å². The Kier molecular flexibility index (Phi) is 4.98. The van der Waals surface area contributed by atoms with E-state index in [-0.39, 0.29) is 22.6 Å². The van der Waals surface area contributed by atoms with Crippen molar-refractivity contribution < 1.29 is 17.6 Å². The second-order valence-electron chi connectivity index (χ2n) is 6.54. The average molecular weight is 435 g/mol. The van der Waals surface area contributed by atoms with Crippen LogP contribution < -0.4 is 10.9 Å². The molecule has 0 aliphatic carbocycles. The molecule has 0 amide bonds. The quantitative estimate of drug-likeness (QED) is 0.477. The second-order valence-corrected chi connectivity index (χ2v) is 6.92. The first kappa shape index (κ1) is 20.0. The molecule has 0 saturated heterocycles. The second kappa shape index (κ2) is 7.49. The van der Waals surface area contributed by atoms with E-state index in [4.69, 9.17) is 16.0 Å². The number of pyridine rings is 1. The number of hydrogen-bond acceptors (Lipinski definition) is 5. The van der Waals surface area contributed by atoms with Crippen molar-refractivity contribution in [3.8, 4) is 5.82 Å². The fourth-order valence-corrected chi connectivity index (χ4v) is 3.08. The molecule has 154 valence electrons. The van der Waals surface area contributed by atoms with Crippen molar-refractivity contribution in [1.29, 1.82) is 0 Å². The highest BCUT2D eigenvalue weighted by molar-refractivity contribution is 6.33. The van der Waals surface area contributed by atoms with Crippen molar-refractivity contribution in [2.24, 2.45) is 0 Å². The van der Waals surface area contributed by atoms with E-state index < -0.39 is 17.3 Å². The molecule has 6 nitrogen and oxygen atoms in total. The van der Waals surface area contributed by atoms with Gasteiger partial charge in [-0.25, -0.2) is 4.98 Å². The van der Waals surface area contributed by atoms with Gasteiger partial charge in [0.15, 0.2) is 5.82 Å². The summed E-state index contributed by atoms with van der Waals surface area (Å²) in [4.78, 5) is 16.2. The molecule has 4 rings (SSSR count). The molecule has 0 bridgehead atoms. The Labute approximate surface area is 172 Å². The number of halogens is 4. The Bertz CT molecular complexity index is 1230. The minimum Gasteiger partial charge on any atom is -0.459 e. The van der Waals surface area contributed by atoms with Crippen LogP contribution in [0.15, 0.2) is 64.1 Å². The molecule has 1 atom stereocenters. The molecule has 1 aromatic carbocycles. The number of benzene rings is 1. The lowest BCUT2D eigenvalue weighted by Gasteiger charge is -2.14. The van der Waals surface area contributed by atoms with E-state index in [2.05, 4.69) is 15.4 Å². The lowest BCUT2D eigenvalue weighted by Crippen LogP contribution is -2.24. The summed E-state index contributed by atoms with van der Waals surface area (Å²) in [5.41, 5.74) is -0.652. The molecule has 0 unspecified atom stereocenters. The summed E-state index contributed by atoms with van der Waals surface area (Å²) < 4.78 is 44.7. The smallest absolute Gasteiger partial charge is 0.417 e. The van der Waals surface area contributed by atoms with Gasteiger partial charge in [0.2, 0.25) is 0 Å². The van der Waals surface area contributed by atoms with Gasteiger partial charge in [-0.05, 0) is 31.2 Å². The number of anilines is 1. The van der Waals surface area contributed by atoms with Gasteiger partial charge in [-0.2, -0.15) is 23.0 Å². The highest BCUT2D eigenvalue weighted by Crippen LogP contribution is 2.29. The predicted molar refractivity (Wildman–Crippen MR) is 106 cm³/mol. The van der Waals surface area contributed by atoms with E-state index in [9.17, 15) is 18.0 Å². The van der Waals surface area contributed by atoms with Crippen molar-refractivity contribution >= 4 is 28.3 Å². The van der Waals surface area contributed by atoms with Crippen LogP contribution >= 0.6 is 11.6 Å². The summed E-state index contributed by atoms with van der Waals surface area (Å²) in [6.07, 6.45) is -2.59. The van der Waals surface area contributed by atoms with Crippen LogP contribution in [0.3, 0.4) is 0 Å². The number of aromatic nitrogens is 3. The summed E-state index contributed by atoms with van der Waals surface area (Å²) in [5, 5.41) is 7.81. The Balaban J connectivity index is 1.60. The SMILES string of the molecule is C[C@@H](Nc1cnn(-c2ccc(C(F)(F)F)cn2)c(=O)c1Cl)c1cc2ccccc2o1. The summed E-state index contributed by atoms with van der Waals surface area (Å²) in [5.74, 6) is 0.563. The molecule has 30 heavy (non-hydrogen) atoms. The van der Waals surface area contributed by atoms with E-state index in [1.54, 1.807) is 0 Å². The van der Waals surface area contributed by atoms with Gasteiger partial charge in [-0.15, -0.1) is 0 Å². The van der Waals surface area contributed by atoms with E-state index in [0.717, 1.165) is 27.8 Å². The lowest BCUT2D eigenvalue weighted by atomic mass is 10.2. The van der Waals surface area contributed by atoms with Crippen LogP contribution in [0, 0.1) is 0 Å². The maximum Gasteiger partial charge on any atom is 0.417 e. The van der Waals surface area contributed by atoms with Gasteiger partial charge < -0.3 is 9.73 Å². The first-order valence-corrected chi connectivity index (χ1v) is 9.18. The first-order chi connectivity index (χ1) is 14.2. The number of hydrogen-bond donors (Lipinski definition) is 1. The average Bonchev–Trinajstić information content (AvgIpc) is 3.15. The molecule has 0 aliphatic heterocycles. The summed E-state index contributed by atoms with van der Waals surface area (Å²) in [6, 6.07) is 11.0. The summed E-state index contributed by atoms with van der Waals surface area (Å²) >= 11 is 6.19. The number of furan rings is 1. The lowest BCUT2D eigenvalue weighted by molar-refractivity contribution is -0.137. The number of alkyl halides is 3. The number of fused-ring (bicyclic) bond motifs is 1. The number of para-hydroxylation sites is 1. The Morgan fingerprint density at radius 2 is 1.93 bits per heavy atom. The van der Waals surface area contributed by atoms with Gasteiger partial charge in [0, 0.05) is 11.6 Å². The van der Waals surface area contributed by atoms with Gasteiger partial charge in [-0.3, -0.25) is 4.79 Å². The third kappa shape index (κ3) is 3.76. The van der Waals surface area contributed by atoms with Gasteiger partial charge in [0.25, 0.3) is 5.56 Å². The number of rotatable bonds is 4. The van der Waals surface area contributed by atoms with Gasteiger partial charge >= 0.3 is 6.18 Å². The molecule has 10 heteroatoms. The highest BCUT2D eigenvalue weighted by atomic mass is 35.5. The maximum atomic E-state index is 12.7. The van der Waals surface area contributed by atoms with E-state index in [1.165, 1.54) is 6.20 Å². The molecule has 1 N–H and O–H groups in total. The van der Waals surface area contributed by atoms with Crippen LogP contribution in [0.2, 0.25) is 5.02 Å². The third-order valence-corrected chi connectivity index (χ3v) is 4.82. The minimum atomic E-state index is -4.53. The molecule has 0 aliphatic rings. The summed E-state index contributed by atoms with van der Waals surface area (Å²) in [6.45, 7) is 1.83. The fourth-order valence-electron chi connectivity index (χ4n) is 2.90. The van der Waals surface area contributed by atoms with E-state index in [1.807, 2.05) is 37.3 Å². The topological polar surface area (TPSA) is 73.0 Å². The normalized spacial score (nSPS) is 12.8. The van der Waals surface area contributed by atoms with E-state index in [0.29, 0.717) is 12.0 Å². The van der Waals surface area contributed by atoms with Gasteiger partial charge in [0.1, 0.15) is 16.4 Å². The molecule has 3 aromatic heterocycles. The molecular weight excluding hydrogens is 421 g/mol. The zero-order valence-electron chi connectivity index (χ0n) is 15.4. The number of nitrogens with zero attached hydrogens (tertiary/aromatic N) is 3. The zero-order valence-corrected chi connectivity index (χ0v) is 16.2. The van der Waals surface area contributed by atoms with Gasteiger partial charge in [0.05, 0.1) is 23.5 Å². The number of nitrogens with one attached hydrogen (secondary N) is 1. The Morgan fingerprint density at radius 3 is 2.60 bits per heavy atom. The zero-order chi connectivity index (χ0) is 21.5.